The molecule has 0 bridgehead atoms. The second-order valence-corrected chi connectivity index (χ2v) is 5.23. The van der Waals surface area contributed by atoms with Gasteiger partial charge in [-0.1, -0.05) is 0 Å². The molecule has 0 amide bonds. The topological polar surface area (TPSA) is 46.2 Å². The minimum absolute atomic E-state index is 0. The van der Waals surface area contributed by atoms with Crippen molar-refractivity contribution in [2.45, 2.75) is 13.0 Å². The SMILES string of the molecule is CC1NC[C@@H]1CS(C)(=O)=O.Cl. The molecule has 11 heavy (non-hydrogen) atoms. The zero-order valence-electron chi connectivity index (χ0n) is 6.70. The van der Waals surface area contributed by atoms with E-state index < -0.39 is 9.84 Å². The zero-order chi connectivity index (χ0) is 7.78. The van der Waals surface area contributed by atoms with Gasteiger partial charge in [-0.2, -0.15) is 0 Å². The van der Waals surface area contributed by atoms with Gasteiger partial charge in [0.25, 0.3) is 0 Å². The maximum atomic E-state index is 10.8. The molecule has 1 rings (SSSR count). The summed E-state index contributed by atoms with van der Waals surface area (Å²) in [7, 11) is -2.76. The van der Waals surface area contributed by atoms with Crippen LogP contribution in [-0.2, 0) is 9.84 Å². The first-order valence-electron chi connectivity index (χ1n) is 3.40. The molecule has 1 heterocycles. The van der Waals surface area contributed by atoms with Crippen molar-refractivity contribution in [1.29, 1.82) is 0 Å². The fraction of sp³-hybridized carbons (Fsp3) is 1.00. The first-order chi connectivity index (χ1) is 4.49. The van der Waals surface area contributed by atoms with Crippen molar-refractivity contribution in [3.8, 4) is 0 Å². The van der Waals surface area contributed by atoms with Crippen molar-refractivity contribution in [3.63, 3.8) is 0 Å². The van der Waals surface area contributed by atoms with Crippen molar-refractivity contribution in [2.24, 2.45) is 5.92 Å². The largest absolute Gasteiger partial charge is 0.314 e. The maximum absolute atomic E-state index is 10.8. The van der Waals surface area contributed by atoms with Gasteiger partial charge in [0.05, 0.1) is 5.75 Å². The highest BCUT2D eigenvalue weighted by atomic mass is 35.5. The van der Waals surface area contributed by atoms with Crippen LogP contribution in [-0.4, -0.2) is 33.0 Å². The Kier molecular flexibility index (Phi) is 3.80. The lowest BCUT2D eigenvalue weighted by molar-refractivity contribution is 0.276. The number of rotatable bonds is 2. The summed E-state index contributed by atoms with van der Waals surface area (Å²) in [6.07, 6.45) is 1.29. The molecule has 0 spiro atoms. The maximum Gasteiger partial charge on any atom is 0.147 e. The lowest BCUT2D eigenvalue weighted by Gasteiger charge is -2.34. The Bertz CT molecular complexity index is 215. The van der Waals surface area contributed by atoms with Crippen molar-refractivity contribution >= 4 is 22.2 Å². The van der Waals surface area contributed by atoms with E-state index >= 15 is 0 Å². The van der Waals surface area contributed by atoms with E-state index in [4.69, 9.17) is 0 Å². The van der Waals surface area contributed by atoms with Crippen LogP contribution in [0.5, 0.6) is 0 Å². The summed E-state index contributed by atoms with van der Waals surface area (Å²) in [6.45, 7) is 2.87. The molecule has 1 saturated heterocycles. The Hall–Kier alpha value is 0.200. The third-order valence-corrected chi connectivity index (χ3v) is 2.96. The van der Waals surface area contributed by atoms with Gasteiger partial charge in [0.1, 0.15) is 9.84 Å². The van der Waals surface area contributed by atoms with Crippen LogP contribution < -0.4 is 5.32 Å². The molecule has 68 valence electrons. The Balaban J connectivity index is 0.000001000. The predicted octanol–water partition coefficient (Wildman–Crippen LogP) is 0.0607. The molecule has 1 N–H and O–H groups in total. The summed E-state index contributed by atoms with van der Waals surface area (Å²) in [5.74, 6) is 0.677. The number of halogens is 1. The molecular formula is C6H14ClNO2S. The summed E-state index contributed by atoms with van der Waals surface area (Å²) in [4.78, 5) is 0. The minimum atomic E-state index is -2.76. The van der Waals surface area contributed by atoms with E-state index in [0.29, 0.717) is 17.7 Å². The quantitative estimate of drug-likeness (QED) is 0.685. The summed E-state index contributed by atoms with van der Waals surface area (Å²) in [5, 5.41) is 3.12. The third-order valence-electron chi connectivity index (χ3n) is 1.93. The Morgan fingerprint density at radius 2 is 2.09 bits per heavy atom. The van der Waals surface area contributed by atoms with E-state index in [2.05, 4.69) is 5.32 Å². The van der Waals surface area contributed by atoms with Gasteiger partial charge in [0, 0.05) is 24.8 Å². The number of hydrogen-bond acceptors (Lipinski definition) is 3. The van der Waals surface area contributed by atoms with Gasteiger partial charge in [-0.15, -0.1) is 12.4 Å². The normalized spacial score (nSPS) is 30.4. The van der Waals surface area contributed by atoms with E-state index in [-0.39, 0.29) is 12.4 Å². The summed E-state index contributed by atoms with van der Waals surface area (Å²) < 4.78 is 21.5. The van der Waals surface area contributed by atoms with Gasteiger partial charge in [0.15, 0.2) is 0 Å². The van der Waals surface area contributed by atoms with Crippen molar-refractivity contribution in [3.05, 3.63) is 0 Å². The van der Waals surface area contributed by atoms with Crippen LogP contribution in [0, 0.1) is 5.92 Å². The van der Waals surface area contributed by atoms with E-state index in [0.717, 1.165) is 6.54 Å². The molecule has 1 aliphatic rings. The average molecular weight is 200 g/mol. The second-order valence-electron chi connectivity index (χ2n) is 3.05. The molecule has 1 aliphatic heterocycles. The van der Waals surface area contributed by atoms with Crippen molar-refractivity contribution in [2.75, 3.05) is 18.6 Å². The molecule has 0 aromatic rings. The Morgan fingerprint density at radius 3 is 2.18 bits per heavy atom. The molecule has 0 aliphatic carbocycles. The second kappa shape index (κ2) is 3.74. The molecule has 5 heteroatoms. The molecule has 0 saturated carbocycles. The van der Waals surface area contributed by atoms with Crippen LogP contribution in [0.25, 0.3) is 0 Å². The van der Waals surface area contributed by atoms with Crippen LogP contribution >= 0.6 is 12.4 Å². The Labute approximate surface area is 73.9 Å². The summed E-state index contributed by atoms with van der Waals surface area (Å²) >= 11 is 0. The lowest BCUT2D eigenvalue weighted by atomic mass is 9.96. The predicted molar refractivity (Wildman–Crippen MR) is 47.9 cm³/mol. The van der Waals surface area contributed by atoms with Crippen LogP contribution in [0.15, 0.2) is 0 Å². The number of nitrogens with one attached hydrogen (secondary N) is 1. The fourth-order valence-corrected chi connectivity index (χ4v) is 2.30. The summed E-state index contributed by atoms with van der Waals surface area (Å²) in [6, 6.07) is 0.384. The molecule has 3 nitrogen and oxygen atoms in total. The first kappa shape index (κ1) is 11.2. The fourth-order valence-electron chi connectivity index (χ4n) is 1.11. The van der Waals surface area contributed by atoms with Gasteiger partial charge >= 0.3 is 0 Å². The molecule has 1 fully saturated rings. The van der Waals surface area contributed by atoms with Gasteiger partial charge in [-0.3, -0.25) is 0 Å². The van der Waals surface area contributed by atoms with Crippen LogP contribution in [0.4, 0.5) is 0 Å². The smallest absolute Gasteiger partial charge is 0.147 e. The molecule has 2 atom stereocenters. The van der Waals surface area contributed by atoms with Gasteiger partial charge in [-0.25, -0.2) is 8.42 Å². The van der Waals surface area contributed by atoms with Crippen LogP contribution in [0.2, 0.25) is 0 Å². The number of hydrogen-bond donors (Lipinski definition) is 1. The highest BCUT2D eigenvalue weighted by molar-refractivity contribution is 7.90. The van der Waals surface area contributed by atoms with E-state index in [1.807, 2.05) is 6.92 Å². The molecular weight excluding hydrogens is 186 g/mol. The van der Waals surface area contributed by atoms with Crippen molar-refractivity contribution < 1.29 is 8.42 Å². The highest BCUT2D eigenvalue weighted by Gasteiger charge is 2.28. The van der Waals surface area contributed by atoms with Gasteiger partial charge < -0.3 is 5.32 Å². The van der Waals surface area contributed by atoms with Crippen molar-refractivity contribution in [1.82, 2.24) is 5.32 Å². The monoisotopic (exact) mass is 199 g/mol. The summed E-state index contributed by atoms with van der Waals surface area (Å²) in [5.41, 5.74) is 0. The highest BCUT2D eigenvalue weighted by Crippen LogP contribution is 2.13. The average Bonchev–Trinajstić information content (AvgIpc) is 1.78. The Morgan fingerprint density at radius 1 is 1.55 bits per heavy atom. The first-order valence-corrected chi connectivity index (χ1v) is 5.46. The molecule has 0 aromatic carbocycles. The van der Waals surface area contributed by atoms with E-state index in [1.54, 1.807) is 0 Å². The zero-order valence-corrected chi connectivity index (χ0v) is 8.33. The lowest BCUT2D eigenvalue weighted by Crippen LogP contribution is -2.53. The van der Waals surface area contributed by atoms with E-state index in [1.165, 1.54) is 6.26 Å². The van der Waals surface area contributed by atoms with E-state index in [9.17, 15) is 8.42 Å². The van der Waals surface area contributed by atoms with Crippen LogP contribution in [0.3, 0.4) is 0 Å². The molecule has 1 unspecified atom stereocenters. The number of sulfone groups is 1. The van der Waals surface area contributed by atoms with Crippen LogP contribution in [0.1, 0.15) is 6.92 Å². The van der Waals surface area contributed by atoms with Gasteiger partial charge in [0.2, 0.25) is 0 Å². The molecule has 0 radical (unpaired) electrons. The third kappa shape index (κ3) is 3.40. The standard InChI is InChI=1S/C6H13NO2S.ClH/c1-5-6(3-7-5)4-10(2,8)9;/h5-7H,3-4H2,1-2H3;1H/t5?,6-;/m1./s1. The molecule has 0 aromatic heterocycles. The minimum Gasteiger partial charge on any atom is -0.314 e. The van der Waals surface area contributed by atoms with Gasteiger partial charge in [-0.05, 0) is 6.92 Å².